The lowest BCUT2D eigenvalue weighted by atomic mass is 10.3. The Morgan fingerprint density at radius 2 is 2.00 bits per heavy atom. The second kappa shape index (κ2) is 5.62. The zero-order valence-corrected chi connectivity index (χ0v) is 13.4. The lowest BCUT2D eigenvalue weighted by Gasteiger charge is -2.23. The second-order valence-electron chi connectivity index (χ2n) is 4.67. The molecule has 0 aliphatic rings. The Morgan fingerprint density at radius 1 is 1.23 bits per heavy atom. The predicted octanol–water partition coefficient (Wildman–Crippen LogP) is 3.43. The van der Waals surface area contributed by atoms with E-state index in [1.165, 1.54) is 10.5 Å². The van der Waals surface area contributed by atoms with Crippen molar-refractivity contribution in [2.75, 3.05) is 10.8 Å². The van der Waals surface area contributed by atoms with Crippen LogP contribution in [0.15, 0.2) is 53.7 Å². The molecule has 3 aromatic rings. The number of fused-ring (bicyclic) bond motifs is 1. The maximum Gasteiger partial charge on any atom is 0.266 e. The van der Waals surface area contributed by atoms with Crippen LogP contribution in [-0.2, 0) is 10.0 Å². The number of halogens is 1. The number of benzene rings is 1. The predicted molar refractivity (Wildman–Crippen MR) is 87.8 cm³/mol. The molecule has 0 spiro atoms. The smallest absolute Gasteiger partial charge is 0.266 e. The number of nitrogens with zero attached hydrogens (tertiary/aromatic N) is 2. The first-order chi connectivity index (χ1) is 10.6. The van der Waals surface area contributed by atoms with Crippen LogP contribution in [0.1, 0.15) is 6.92 Å². The third-order valence-corrected chi connectivity index (χ3v) is 5.64. The SMILES string of the molecule is CCN(c1ccccc1Cl)S(=O)(=O)c1c[nH]c2ncccc12. The Hall–Kier alpha value is -2.05. The molecule has 0 bridgehead atoms. The standard InChI is InChI=1S/C15H14ClN3O2S/c1-2-19(13-8-4-3-7-12(13)16)22(20,21)14-10-18-15-11(14)6-5-9-17-15/h3-10H,2H2,1H3,(H,17,18). The van der Waals surface area contributed by atoms with Crippen LogP contribution in [0.5, 0.6) is 0 Å². The van der Waals surface area contributed by atoms with Crippen molar-refractivity contribution in [2.45, 2.75) is 11.8 Å². The molecule has 22 heavy (non-hydrogen) atoms. The molecule has 114 valence electrons. The van der Waals surface area contributed by atoms with Gasteiger partial charge in [0.2, 0.25) is 0 Å². The second-order valence-corrected chi connectivity index (χ2v) is 6.91. The summed E-state index contributed by atoms with van der Waals surface area (Å²) in [7, 11) is -3.73. The fourth-order valence-electron chi connectivity index (χ4n) is 2.39. The van der Waals surface area contributed by atoms with E-state index in [-0.39, 0.29) is 11.4 Å². The fraction of sp³-hybridized carbons (Fsp3) is 0.133. The quantitative estimate of drug-likeness (QED) is 0.794. The summed E-state index contributed by atoms with van der Waals surface area (Å²) in [4.78, 5) is 7.21. The van der Waals surface area contributed by atoms with Gasteiger partial charge < -0.3 is 4.98 Å². The minimum atomic E-state index is -3.73. The molecule has 0 atom stereocenters. The molecule has 7 heteroatoms. The largest absolute Gasteiger partial charge is 0.345 e. The summed E-state index contributed by atoms with van der Waals surface area (Å²) < 4.78 is 27.3. The van der Waals surface area contributed by atoms with Crippen molar-refractivity contribution in [1.82, 2.24) is 9.97 Å². The van der Waals surface area contributed by atoms with E-state index in [0.29, 0.717) is 21.7 Å². The van der Waals surface area contributed by atoms with E-state index in [1.807, 2.05) is 0 Å². The first-order valence-electron chi connectivity index (χ1n) is 6.75. The third-order valence-electron chi connectivity index (χ3n) is 3.39. The van der Waals surface area contributed by atoms with Gasteiger partial charge in [0.25, 0.3) is 10.0 Å². The normalized spacial score (nSPS) is 11.7. The fourth-order valence-corrected chi connectivity index (χ4v) is 4.32. The molecule has 0 saturated heterocycles. The molecule has 0 amide bonds. The molecule has 0 aliphatic carbocycles. The first-order valence-corrected chi connectivity index (χ1v) is 8.57. The number of sulfonamides is 1. The zero-order valence-electron chi connectivity index (χ0n) is 11.8. The summed E-state index contributed by atoms with van der Waals surface area (Å²) >= 11 is 6.16. The number of hydrogen-bond acceptors (Lipinski definition) is 3. The third kappa shape index (κ3) is 2.34. The molecule has 0 fully saturated rings. The molecule has 0 aliphatic heterocycles. The van der Waals surface area contributed by atoms with Crippen LogP contribution in [0.25, 0.3) is 11.0 Å². The summed E-state index contributed by atoms with van der Waals surface area (Å²) in [6, 6.07) is 10.3. The van der Waals surface area contributed by atoms with Crippen LogP contribution < -0.4 is 4.31 Å². The molecular formula is C15H14ClN3O2S. The van der Waals surface area contributed by atoms with Gasteiger partial charge in [-0.1, -0.05) is 23.7 Å². The number of hydrogen-bond donors (Lipinski definition) is 1. The van der Waals surface area contributed by atoms with Crippen molar-refractivity contribution in [3.05, 3.63) is 53.8 Å². The maximum atomic E-state index is 13.0. The van der Waals surface area contributed by atoms with Crippen molar-refractivity contribution in [3.8, 4) is 0 Å². The number of aromatic nitrogens is 2. The molecule has 0 radical (unpaired) electrons. The van der Waals surface area contributed by atoms with Crippen LogP contribution >= 0.6 is 11.6 Å². The summed E-state index contributed by atoms with van der Waals surface area (Å²) in [5.41, 5.74) is 1.00. The van der Waals surface area contributed by atoms with Crippen molar-refractivity contribution in [1.29, 1.82) is 0 Å². The first kappa shape index (κ1) is 14.9. The van der Waals surface area contributed by atoms with Crippen molar-refractivity contribution >= 4 is 38.3 Å². The number of rotatable bonds is 4. The minimum Gasteiger partial charge on any atom is -0.345 e. The van der Waals surface area contributed by atoms with E-state index in [0.717, 1.165) is 0 Å². The Balaban J connectivity index is 2.18. The highest BCUT2D eigenvalue weighted by Crippen LogP contribution is 2.32. The van der Waals surface area contributed by atoms with E-state index in [1.54, 1.807) is 49.5 Å². The molecule has 5 nitrogen and oxygen atoms in total. The Bertz CT molecular complexity index is 921. The van der Waals surface area contributed by atoms with Gasteiger partial charge >= 0.3 is 0 Å². The summed E-state index contributed by atoms with van der Waals surface area (Å²) in [6.45, 7) is 2.05. The van der Waals surface area contributed by atoms with E-state index < -0.39 is 10.0 Å². The van der Waals surface area contributed by atoms with Gasteiger partial charge in [-0.3, -0.25) is 4.31 Å². The highest BCUT2D eigenvalue weighted by Gasteiger charge is 2.27. The number of pyridine rings is 1. The van der Waals surface area contributed by atoms with Gasteiger partial charge in [0.1, 0.15) is 10.5 Å². The van der Waals surface area contributed by atoms with Crippen molar-refractivity contribution < 1.29 is 8.42 Å². The number of anilines is 1. The van der Waals surface area contributed by atoms with Crippen LogP contribution in [0.4, 0.5) is 5.69 Å². The zero-order chi connectivity index (χ0) is 15.7. The van der Waals surface area contributed by atoms with Gasteiger partial charge in [0, 0.05) is 24.3 Å². The summed E-state index contributed by atoms with van der Waals surface area (Å²) in [6.07, 6.45) is 3.08. The molecule has 0 unspecified atom stereocenters. The van der Waals surface area contributed by atoms with Gasteiger partial charge in [0.05, 0.1) is 10.7 Å². The molecule has 0 saturated carbocycles. The van der Waals surface area contributed by atoms with Gasteiger partial charge in [0.15, 0.2) is 0 Å². The minimum absolute atomic E-state index is 0.192. The van der Waals surface area contributed by atoms with E-state index in [2.05, 4.69) is 9.97 Å². The van der Waals surface area contributed by atoms with Gasteiger partial charge in [-0.05, 0) is 31.2 Å². The van der Waals surface area contributed by atoms with Crippen molar-refractivity contribution in [2.24, 2.45) is 0 Å². The average molecular weight is 336 g/mol. The number of nitrogens with one attached hydrogen (secondary N) is 1. The number of H-pyrrole nitrogens is 1. The topological polar surface area (TPSA) is 66.1 Å². The summed E-state index contributed by atoms with van der Waals surface area (Å²) in [5, 5.41) is 0.957. The number of para-hydroxylation sites is 1. The average Bonchev–Trinajstić information content (AvgIpc) is 2.94. The van der Waals surface area contributed by atoms with Crippen LogP contribution in [0, 0.1) is 0 Å². The van der Waals surface area contributed by atoms with Crippen LogP contribution in [0.2, 0.25) is 5.02 Å². The molecule has 1 N–H and O–H groups in total. The Labute approximate surface area is 133 Å². The highest BCUT2D eigenvalue weighted by molar-refractivity contribution is 7.93. The Kier molecular flexibility index (Phi) is 3.80. The summed E-state index contributed by atoms with van der Waals surface area (Å²) in [5.74, 6) is 0. The maximum absolute atomic E-state index is 13.0. The lowest BCUT2D eigenvalue weighted by molar-refractivity contribution is 0.592. The molecule has 2 aromatic heterocycles. The molecular weight excluding hydrogens is 322 g/mol. The number of aromatic amines is 1. The van der Waals surface area contributed by atoms with E-state index >= 15 is 0 Å². The van der Waals surface area contributed by atoms with E-state index in [4.69, 9.17) is 11.6 Å². The molecule has 2 heterocycles. The lowest BCUT2D eigenvalue weighted by Crippen LogP contribution is -2.30. The van der Waals surface area contributed by atoms with E-state index in [9.17, 15) is 8.42 Å². The van der Waals surface area contributed by atoms with Gasteiger partial charge in [-0.2, -0.15) is 0 Å². The molecule has 1 aromatic carbocycles. The molecule has 3 rings (SSSR count). The van der Waals surface area contributed by atoms with Gasteiger partial charge in [-0.15, -0.1) is 0 Å². The van der Waals surface area contributed by atoms with Crippen LogP contribution in [-0.4, -0.2) is 24.9 Å². The van der Waals surface area contributed by atoms with Crippen molar-refractivity contribution in [3.63, 3.8) is 0 Å². The monoisotopic (exact) mass is 335 g/mol. The highest BCUT2D eigenvalue weighted by atomic mass is 35.5. The van der Waals surface area contributed by atoms with Crippen LogP contribution in [0.3, 0.4) is 0 Å². The van der Waals surface area contributed by atoms with Gasteiger partial charge in [-0.25, -0.2) is 13.4 Å². The Morgan fingerprint density at radius 3 is 2.73 bits per heavy atom.